The lowest BCUT2D eigenvalue weighted by Gasteiger charge is -2.08. The van der Waals surface area contributed by atoms with Crippen LogP contribution in [0.3, 0.4) is 0 Å². The summed E-state index contributed by atoms with van der Waals surface area (Å²) < 4.78 is 69.5. The number of nitrogens with two attached hydrogens (primary N) is 1. The summed E-state index contributed by atoms with van der Waals surface area (Å²) >= 11 is 5.99. The summed E-state index contributed by atoms with van der Waals surface area (Å²) in [4.78, 5) is -1.27. The number of rotatable bonds is 4. The van der Waals surface area contributed by atoms with Gasteiger partial charge in [-0.05, 0) is 42.3 Å². The first kappa shape index (κ1) is 19.4. The molecule has 2 aromatic carbocycles. The first-order valence-electron chi connectivity index (χ1n) is 7.46. The van der Waals surface area contributed by atoms with E-state index in [1.54, 1.807) is 25.1 Å². The largest absolute Gasteiger partial charge is 0.357 e. The second kappa shape index (κ2) is 6.99. The van der Waals surface area contributed by atoms with Gasteiger partial charge in [-0.3, -0.25) is 0 Å². The maximum Gasteiger partial charge on any atom is 0.243 e. The van der Waals surface area contributed by atoms with E-state index in [4.69, 9.17) is 21.3 Å². The molecule has 1 aromatic heterocycles. The minimum atomic E-state index is -4.62. The van der Waals surface area contributed by atoms with Crippen molar-refractivity contribution in [3.63, 3.8) is 0 Å². The van der Waals surface area contributed by atoms with Crippen molar-refractivity contribution in [3.05, 3.63) is 58.3 Å². The molecule has 27 heavy (non-hydrogen) atoms. The molecule has 0 aliphatic carbocycles. The molecule has 0 saturated carbocycles. The summed E-state index contributed by atoms with van der Waals surface area (Å²) in [6, 6.07) is 6.30. The summed E-state index contributed by atoms with van der Waals surface area (Å²) in [6.07, 6.45) is 0. The van der Waals surface area contributed by atoms with Gasteiger partial charge in [0.1, 0.15) is 17.3 Å². The lowest BCUT2D eigenvalue weighted by atomic mass is 9.98. The van der Waals surface area contributed by atoms with Gasteiger partial charge >= 0.3 is 0 Å². The molecule has 1 heterocycles. The SMILES string of the molecule is Cc1cc(-c2noc(CF)c2-c2cc(F)c(S(N)(=O)=O)c(F)c2)ccc1Cl. The zero-order chi connectivity index (χ0) is 19.9. The van der Waals surface area contributed by atoms with Gasteiger partial charge in [-0.15, -0.1) is 0 Å². The molecule has 5 nitrogen and oxygen atoms in total. The summed E-state index contributed by atoms with van der Waals surface area (Å²) in [5.74, 6) is -3.08. The van der Waals surface area contributed by atoms with Crippen molar-refractivity contribution in [2.45, 2.75) is 18.5 Å². The zero-order valence-electron chi connectivity index (χ0n) is 13.8. The molecule has 0 amide bonds. The van der Waals surface area contributed by atoms with Gasteiger partial charge in [-0.25, -0.2) is 26.7 Å². The van der Waals surface area contributed by atoms with Crippen LogP contribution < -0.4 is 5.14 Å². The molecular formula is C17H12ClF3N2O3S. The monoisotopic (exact) mass is 416 g/mol. The third kappa shape index (κ3) is 3.58. The Hall–Kier alpha value is -2.36. The van der Waals surface area contributed by atoms with Gasteiger partial charge in [0.2, 0.25) is 10.0 Å². The molecule has 0 radical (unpaired) electrons. The maximum atomic E-state index is 14.2. The lowest BCUT2D eigenvalue weighted by molar-refractivity contribution is 0.332. The van der Waals surface area contributed by atoms with E-state index in [2.05, 4.69) is 5.16 Å². The number of primary sulfonamides is 1. The van der Waals surface area contributed by atoms with Crippen LogP contribution in [-0.2, 0) is 16.7 Å². The average molecular weight is 417 g/mol. The number of alkyl halides is 1. The summed E-state index contributed by atoms with van der Waals surface area (Å²) in [6.45, 7) is 0.650. The van der Waals surface area contributed by atoms with E-state index in [1.165, 1.54) is 0 Å². The standard InChI is InChI=1S/C17H12ClF3N2O3S/c1-8-4-9(2-3-11(8)18)16-15(14(7-19)26-23-16)10-5-12(20)17(13(21)6-10)27(22,24)25/h2-6H,7H2,1H3,(H2,22,24,25). The van der Waals surface area contributed by atoms with Crippen molar-refractivity contribution in [2.24, 2.45) is 5.14 Å². The van der Waals surface area contributed by atoms with Crippen LogP contribution in [0.5, 0.6) is 0 Å². The summed E-state index contributed by atoms with van der Waals surface area (Å²) in [5, 5.41) is 9.10. The molecule has 0 unspecified atom stereocenters. The molecule has 0 spiro atoms. The van der Waals surface area contributed by atoms with Gasteiger partial charge in [0.05, 0.1) is 5.56 Å². The number of hydrogen-bond acceptors (Lipinski definition) is 4. The Morgan fingerprint density at radius 3 is 2.30 bits per heavy atom. The third-order valence-electron chi connectivity index (χ3n) is 3.89. The quantitative estimate of drug-likeness (QED) is 0.684. The number of benzene rings is 2. The molecule has 0 aliphatic heterocycles. The topological polar surface area (TPSA) is 86.2 Å². The second-order valence-electron chi connectivity index (χ2n) is 5.74. The van der Waals surface area contributed by atoms with Crippen LogP contribution in [0.2, 0.25) is 5.02 Å². The zero-order valence-corrected chi connectivity index (χ0v) is 15.3. The van der Waals surface area contributed by atoms with Gasteiger partial charge in [0.15, 0.2) is 17.3 Å². The van der Waals surface area contributed by atoms with Crippen molar-refractivity contribution >= 4 is 21.6 Å². The minimum absolute atomic E-state index is 0.00186. The fraction of sp³-hybridized carbons (Fsp3) is 0.118. The number of halogens is 4. The predicted octanol–water partition coefficient (Wildman–Crippen LogP) is 4.37. The van der Waals surface area contributed by atoms with Gasteiger partial charge < -0.3 is 4.52 Å². The van der Waals surface area contributed by atoms with Crippen LogP contribution in [-0.4, -0.2) is 13.6 Å². The van der Waals surface area contributed by atoms with E-state index in [9.17, 15) is 21.6 Å². The Morgan fingerprint density at radius 1 is 1.15 bits per heavy atom. The molecule has 142 valence electrons. The van der Waals surface area contributed by atoms with Gasteiger partial charge in [0.25, 0.3) is 0 Å². The number of aryl methyl sites for hydroxylation is 1. The molecule has 0 bridgehead atoms. The van der Waals surface area contributed by atoms with E-state index in [0.717, 1.165) is 12.1 Å². The van der Waals surface area contributed by atoms with E-state index < -0.39 is 33.2 Å². The van der Waals surface area contributed by atoms with Crippen LogP contribution in [0, 0.1) is 18.6 Å². The molecule has 0 fully saturated rings. The second-order valence-corrected chi connectivity index (χ2v) is 7.65. The van der Waals surface area contributed by atoms with Crippen LogP contribution in [0.1, 0.15) is 11.3 Å². The van der Waals surface area contributed by atoms with Crippen molar-refractivity contribution < 1.29 is 26.1 Å². The number of sulfonamides is 1. The van der Waals surface area contributed by atoms with Crippen LogP contribution >= 0.6 is 11.6 Å². The number of aromatic nitrogens is 1. The molecule has 0 atom stereocenters. The Balaban J connectivity index is 2.26. The summed E-state index contributed by atoms with van der Waals surface area (Å²) in [7, 11) is -4.62. The lowest BCUT2D eigenvalue weighted by Crippen LogP contribution is -2.16. The minimum Gasteiger partial charge on any atom is -0.357 e. The van der Waals surface area contributed by atoms with Crippen LogP contribution in [0.4, 0.5) is 13.2 Å². The Morgan fingerprint density at radius 2 is 1.78 bits per heavy atom. The highest BCUT2D eigenvalue weighted by Gasteiger charge is 2.26. The third-order valence-corrected chi connectivity index (χ3v) is 5.27. The molecule has 0 aliphatic rings. The fourth-order valence-corrected chi connectivity index (χ4v) is 3.46. The smallest absolute Gasteiger partial charge is 0.243 e. The van der Waals surface area contributed by atoms with Gasteiger partial charge in [0, 0.05) is 10.6 Å². The van der Waals surface area contributed by atoms with E-state index >= 15 is 0 Å². The number of hydrogen-bond donors (Lipinski definition) is 1. The van der Waals surface area contributed by atoms with Crippen molar-refractivity contribution in [3.8, 4) is 22.4 Å². The Labute approximate surface area is 157 Å². The molecule has 0 saturated heterocycles. The molecular weight excluding hydrogens is 405 g/mol. The first-order valence-corrected chi connectivity index (χ1v) is 9.39. The van der Waals surface area contributed by atoms with E-state index in [1.807, 2.05) is 0 Å². The van der Waals surface area contributed by atoms with Crippen molar-refractivity contribution in [1.82, 2.24) is 5.16 Å². The van der Waals surface area contributed by atoms with Crippen molar-refractivity contribution in [1.29, 1.82) is 0 Å². The van der Waals surface area contributed by atoms with Gasteiger partial charge in [-0.1, -0.05) is 22.8 Å². The summed E-state index contributed by atoms with van der Waals surface area (Å²) in [5.41, 5.74) is 1.16. The molecule has 3 aromatic rings. The highest BCUT2D eigenvalue weighted by Crippen LogP contribution is 2.37. The Kier molecular flexibility index (Phi) is 5.02. The number of nitrogens with zero attached hydrogens (tertiary/aromatic N) is 1. The Bertz CT molecular complexity index is 1120. The average Bonchev–Trinajstić information content (AvgIpc) is 2.99. The van der Waals surface area contributed by atoms with Crippen molar-refractivity contribution in [2.75, 3.05) is 0 Å². The molecule has 2 N–H and O–H groups in total. The van der Waals surface area contributed by atoms with Crippen LogP contribution in [0.15, 0.2) is 39.8 Å². The first-order chi connectivity index (χ1) is 12.6. The van der Waals surface area contributed by atoms with Gasteiger partial charge in [-0.2, -0.15) is 0 Å². The van der Waals surface area contributed by atoms with E-state index in [0.29, 0.717) is 16.1 Å². The van der Waals surface area contributed by atoms with Crippen LogP contribution in [0.25, 0.3) is 22.4 Å². The highest BCUT2D eigenvalue weighted by atomic mass is 35.5. The maximum absolute atomic E-state index is 14.2. The predicted molar refractivity (Wildman–Crippen MR) is 93.2 cm³/mol. The molecule has 10 heteroatoms. The molecule has 3 rings (SSSR count). The highest BCUT2D eigenvalue weighted by molar-refractivity contribution is 7.89. The fourth-order valence-electron chi connectivity index (χ4n) is 2.68. The normalized spacial score (nSPS) is 11.8. The van der Waals surface area contributed by atoms with E-state index in [-0.39, 0.29) is 22.6 Å².